The van der Waals surface area contributed by atoms with Gasteiger partial charge in [-0.2, -0.15) is 4.39 Å². The van der Waals surface area contributed by atoms with Crippen LogP contribution in [0.15, 0.2) is 15.8 Å². The first kappa shape index (κ1) is 18.8. The number of methoxy groups -OCH3 is 1. The molecular weight excluding hydrogens is 339 g/mol. The summed E-state index contributed by atoms with van der Waals surface area (Å²) in [6, 6.07) is 0. The lowest BCUT2D eigenvalue weighted by Crippen LogP contribution is -2.55. The second-order valence-corrected chi connectivity index (χ2v) is 5.81. The van der Waals surface area contributed by atoms with Gasteiger partial charge in [0.1, 0.15) is 11.6 Å². The Morgan fingerprint density at radius 2 is 2.08 bits per heavy atom. The van der Waals surface area contributed by atoms with Crippen LogP contribution in [0.1, 0.15) is 39.3 Å². The van der Waals surface area contributed by atoms with E-state index in [-0.39, 0.29) is 19.3 Å². The maximum absolute atomic E-state index is 13.6. The molecule has 0 amide bonds. The van der Waals surface area contributed by atoms with Crippen LogP contribution in [0, 0.1) is 11.2 Å². The van der Waals surface area contributed by atoms with E-state index in [0.29, 0.717) is 10.8 Å². The molecule has 0 radical (unpaired) electrons. The molecule has 1 aromatic rings. The molecule has 138 valence electrons. The zero-order valence-corrected chi connectivity index (χ0v) is 14.0. The van der Waals surface area contributed by atoms with E-state index >= 15 is 0 Å². The first-order chi connectivity index (χ1) is 11.7. The van der Waals surface area contributed by atoms with Crippen molar-refractivity contribution in [3.8, 4) is 0 Å². The van der Waals surface area contributed by atoms with Crippen molar-refractivity contribution in [2.24, 2.45) is 5.41 Å². The molecule has 2 heterocycles. The van der Waals surface area contributed by atoms with Crippen LogP contribution < -0.4 is 11.2 Å². The van der Waals surface area contributed by atoms with Gasteiger partial charge in [-0.3, -0.25) is 9.59 Å². The molecular formula is C15H19FN2O7. The number of carbonyl (C=O) groups excluding carboxylic acids is 1. The molecule has 1 saturated heterocycles. The minimum absolute atomic E-state index is 0.0261. The smallest absolute Gasteiger partial charge is 0.337 e. The van der Waals surface area contributed by atoms with Gasteiger partial charge in [-0.05, 0) is 12.8 Å². The Morgan fingerprint density at radius 1 is 1.44 bits per heavy atom. The fourth-order valence-corrected chi connectivity index (χ4v) is 3.56. The van der Waals surface area contributed by atoms with Gasteiger partial charge in [0.05, 0.1) is 7.11 Å². The Hall–Kier alpha value is -2.49. The van der Waals surface area contributed by atoms with Crippen LogP contribution in [-0.4, -0.2) is 39.3 Å². The van der Waals surface area contributed by atoms with Gasteiger partial charge in [-0.25, -0.2) is 14.2 Å². The fraction of sp³-hybridized carbons (Fsp3) is 0.600. The number of carboxylic acids is 1. The molecule has 0 bridgehead atoms. The Morgan fingerprint density at radius 3 is 2.56 bits per heavy atom. The van der Waals surface area contributed by atoms with E-state index < -0.39 is 46.2 Å². The van der Waals surface area contributed by atoms with Crippen molar-refractivity contribution in [3.05, 3.63) is 32.9 Å². The lowest BCUT2D eigenvalue weighted by atomic mass is 9.68. The minimum atomic E-state index is -2.02. The molecule has 0 aromatic carbocycles. The van der Waals surface area contributed by atoms with Gasteiger partial charge >= 0.3 is 17.6 Å². The molecule has 2 rings (SSSR count). The van der Waals surface area contributed by atoms with Crippen molar-refractivity contribution >= 4 is 11.9 Å². The predicted molar refractivity (Wildman–Crippen MR) is 81.4 cm³/mol. The molecule has 10 heteroatoms. The number of hydrogen-bond donors (Lipinski definition) is 2. The van der Waals surface area contributed by atoms with Crippen molar-refractivity contribution in [1.82, 2.24) is 9.55 Å². The number of nitrogens with zero attached hydrogens (tertiary/aromatic N) is 1. The van der Waals surface area contributed by atoms with Gasteiger partial charge in [0, 0.05) is 12.6 Å². The molecule has 1 aromatic heterocycles. The summed E-state index contributed by atoms with van der Waals surface area (Å²) >= 11 is 0. The highest BCUT2D eigenvalue weighted by Crippen LogP contribution is 2.54. The van der Waals surface area contributed by atoms with E-state index in [4.69, 9.17) is 9.47 Å². The van der Waals surface area contributed by atoms with E-state index in [0.717, 1.165) is 7.11 Å². The molecule has 3 atom stereocenters. The van der Waals surface area contributed by atoms with Crippen LogP contribution in [0.25, 0.3) is 0 Å². The van der Waals surface area contributed by atoms with Crippen LogP contribution in [0.2, 0.25) is 0 Å². The summed E-state index contributed by atoms with van der Waals surface area (Å²) in [5.41, 5.74) is -5.88. The zero-order chi connectivity index (χ0) is 19.0. The highest BCUT2D eigenvalue weighted by molar-refractivity contribution is 5.90. The van der Waals surface area contributed by atoms with Crippen molar-refractivity contribution < 1.29 is 28.6 Å². The van der Waals surface area contributed by atoms with Crippen LogP contribution in [0.5, 0.6) is 0 Å². The van der Waals surface area contributed by atoms with Gasteiger partial charge in [0.15, 0.2) is 5.60 Å². The molecule has 0 saturated carbocycles. The number of ether oxygens (including phenoxy) is 2. The Labute approximate surface area is 141 Å². The topological polar surface area (TPSA) is 128 Å². The summed E-state index contributed by atoms with van der Waals surface area (Å²) in [7, 11) is 1.11. The van der Waals surface area contributed by atoms with Gasteiger partial charge < -0.3 is 19.6 Å². The monoisotopic (exact) mass is 358 g/mol. The van der Waals surface area contributed by atoms with Crippen LogP contribution in [0.3, 0.4) is 0 Å². The van der Waals surface area contributed by atoms with Crippen LogP contribution >= 0.6 is 0 Å². The van der Waals surface area contributed by atoms with E-state index in [1.54, 1.807) is 6.92 Å². The number of aromatic nitrogens is 2. The summed E-state index contributed by atoms with van der Waals surface area (Å²) in [5.74, 6) is -3.49. The quantitative estimate of drug-likeness (QED) is 0.729. The molecule has 1 fully saturated rings. The minimum Gasteiger partial charge on any atom is -0.479 e. The van der Waals surface area contributed by atoms with Gasteiger partial charge in [0.2, 0.25) is 5.82 Å². The molecule has 2 N–H and O–H groups in total. The largest absolute Gasteiger partial charge is 0.479 e. The predicted octanol–water partition coefficient (Wildman–Crippen LogP) is 0.397. The van der Waals surface area contributed by atoms with E-state index in [9.17, 15) is 28.7 Å². The average Bonchev–Trinajstić information content (AvgIpc) is 2.94. The van der Waals surface area contributed by atoms with Crippen LogP contribution in [0.4, 0.5) is 4.39 Å². The van der Waals surface area contributed by atoms with Crippen molar-refractivity contribution in [2.75, 3.05) is 7.11 Å². The number of carboxylic acid groups (broad SMARTS) is 1. The number of H-pyrrole nitrogens is 1. The number of aliphatic carboxylic acids is 1. The third kappa shape index (κ3) is 2.48. The summed E-state index contributed by atoms with van der Waals surface area (Å²) < 4.78 is 24.4. The SMILES string of the molecule is CCC1(C(=O)OC)C[C@@H](n2c(=O)[nH]cc(F)c2=O)O[C@@]1(CC)C(=O)O. The lowest BCUT2D eigenvalue weighted by Gasteiger charge is -2.37. The van der Waals surface area contributed by atoms with E-state index in [1.165, 1.54) is 6.92 Å². The Kier molecular flexibility index (Phi) is 4.85. The first-order valence-electron chi connectivity index (χ1n) is 7.70. The number of rotatable bonds is 5. The van der Waals surface area contributed by atoms with Crippen molar-refractivity contribution in [1.29, 1.82) is 0 Å². The number of halogens is 1. The van der Waals surface area contributed by atoms with E-state index in [2.05, 4.69) is 0 Å². The van der Waals surface area contributed by atoms with Crippen molar-refractivity contribution in [2.45, 2.75) is 44.9 Å². The standard InChI is InChI=1S/C15H19FN2O7/c1-4-14(12(22)24-3)6-9(25-15(14,5-2)11(20)21)18-10(19)8(16)7-17-13(18)23/h7,9H,4-6H2,1-3H3,(H,17,23)(H,20,21)/t9-,14?,15-/m0/s1. The molecule has 1 unspecified atom stereocenters. The Balaban J connectivity index is 2.71. The second kappa shape index (κ2) is 6.43. The third-order valence-corrected chi connectivity index (χ3v) is 4.91. The summed E-state index contributed by atoms with van der Waals surface area (Å²) in [6.45, 7) is 3.08. The molecule has 0 aliphatic carbocycles. The normalized spacial score (nSPS) is 28.7. The fourth-order valence-electron chi connectivity index (χ4n) is 3.56. The molecule has 1 aliphatic rings. The Bertz CT molecular complexity index is 817. The number of hydrogen-bond acceptors (Lipinski definition) is 6. The summed E-state index contributed by atoms with van der Waals surface area (Å²) in [6.07, 6.45) is -1.24. The third-order valence-electron chi connectivity index (χ3n) is 4.91. The van der Waals surface area contributed by atoms with Gasteiger partial charge in [-0.15, -0.1) is 0 Å². The molecule has 9 nitrogen and oxygen atoms in total. The van der Waals surface area contributed by atoms with Crippen LogP contribution in [-0.2, 0) is 19.1 Å². The number of nitrogens with one attached hydrogen (secondary N) is 1. The molecule has 1 aliphatic heterocycles. The maximum Gasteiger partial charge on any atom is 0.337 e. The lowest BCUT2D eigenvalue weighted by molar-refractivity contribution is -0.191. The average molecular weight is 358 g/mol. The number of aromatic amines is 1. The summed E-state index contributed by atoms with van der Waals surface area (Å²) in [4.78, 5) is 50.5. The summed E-state index contributed by atoms with van der Waals surface area (Å²) in [5, 5.41) is 9.75. The second-order valence-electron chi connectivity index (χ2n) is 5.81. The first-order valence-corrected chi connectivity index (χ1v) is 7.70. The maximum atomic E-state index is 13.6. The van der Waals surface area contributed by atoms with Crippen molar-refractivity contribution in [3.63, 3.8) is 0 Å². The van der Waals surface area contributed by atoms with Gasteiger partial charge in [-0.1, -0.05) is 13.8 Å². The highest BCUT2D eigenvalue weighted by atomic mass is 19.1. The highest BCUT2D eigenvalue weighted by Gasteiger charge is 2.68. The van der Waals surface area contributed by atoms with E-state index in [1.807, 2.05) is 4.98 Å². The number of esters is 1. The van der Waals surface area contributed by atoms with Gasteiger partial charge in [0.25, 0.3) is 5.56 Å². The molecule has 25 heavy (non-hydrogen) atoms. The number of carbonyl (C=O) groups is 2. The zero-order valence-electron chi connectivity index (χ0n) is 14.0. The molecule has 0 spiro atoms.